The first-order chi connectivity index (χ1) is 7.60. The number of carbonyl (C=O) groups is 1. The van der Waals surface area contributed by atoms with Crippen LogP contribution >= 0.6 is 0 Å². The molecule has 0 saturated heterocycles. The van der Waals surface area contributed by atoms with Gasteiger partial charge >= 0.3 is 5.69 Å². The number of aromatic nitrogens is 2. The Hall–Kier alpha value is -1.96. The molecule has 0 spiro atoms. The third kappa shape index (κ3) is 2.54. The van der Waals surface area contributed by atoms with Crippen LogP contribution in [0.25, 0.3) is 0 Å². The Morgan fingerprint density at radius 1 is 1.81 bits per heavy atom. The summed E-state index contributed by atoms with van der Waals surface area (Å²) in [5, 5.41) is 14.2. The van der Waals surface area contributed by atoms with E-state index in [-0.39, 0.29) is 5.69 Å². The van der Waals surface area contributed by atoms with E-state index in [1.54, 1.807) is 0 Å². The van der Waals surface area contributed by atoms with Gasteiger partial charge in [-0.25, -0.2) is 5.84 Å². The zero-order valence-electron chi connectivity index (χ0n) is 8.79. The molecule has 88 valence electrons. The second kappa shape index (κ2) is 5.21. The Bertz CT molecular complexity index is 389. The number of nitrogens with zero attached hydrogens (tertiary/aromatic N) is 3. The molecule has 0 bridgehead atoms. The quantitative estimate of drug-likeness (QED) is 0.321. The van der Waals surface area contributed by atoms with Crippen molar-refractivity contribution in [2.75, 3.05) is 0 Å². The van der Waals surface area contributed by atoms with E-state index in [4.69, 9.17) is 5.84 Å². The summed E-state index contributed by atoms with van der Waals surface area (Å²) in [6.45, 7) is 1.90. The average Bonchev–Trinajstić information content (AvgIpc) is 2.74. The van der Waals surface area contributed by atoms with Crippen LogP contribution in [0.15, 0.2) is 12.4 Å². The summed E-state index contributed by atoms with van der Waals surface area (Å²) in [4.78, 5) is 21.3. The maximum atomic E-state index is 11.4. The van der Waals surface area contributed by atoms with Crippen LogP contribution in [0.4, 0.5) is 5.69 Å². The number of hydrazine groups is 1. The normalized spacial score (nSPS) is 12.1. The summed E-state index contributed by atoms with van der Waals surface area (Å²) in [5.74, 6) is 4.62. The van der Waals surface area contributed by atoms with Crippen molar-refractivity contribution < 1.29 is 9.72 Å². The van der Waals surface area contributed by atoms with Crippen molar-refractivity contribution >= 4 is 11.6 Å². The molecular formula is C8H13N5O3. The lowest BCUT2D eigenvalue weighted by Gasteiger charge is -2.13. The number of nitrogens with two attached hydrogens (primary N) is 1. The average molecular weight is 227 g/mol. The Morgan fingerprint density at radius 2 is 2.50 bits per heavy atom. The number of amides is 1. The van der Waals surface area contributed by atoms with E-state index in [0.717, 1.165) is 12.6 Å². The van der Waals surface area contributed by atoms with Crippen LogP contribution in [-0.2, 0) is 4.79 Å². The highest BCUT2D eigenvalue weighted by Gasteiger charge is 2.21. The van der Waals surface area contributed by atoms with Crippen LogP contribution < -0.4 is 11.3 Å². The Kier molecular flexibility index (Phi) is 3.95. The SMILES string of the molecule is CCCC(C(=O)NN)n1cc([N+](=O)[O-])cn1. The molecule has 3 N–H and O–H groups in total. The standard InChI is InChI=1S/C8H13N5O3/c1-2-3-7(8(14)11-9)12-5-6(4-10-12)13(15)16/h4-5,7H,2-3,9H2,1H3,(H,11,14). The third-order valence-corrected chi connectivity index (χ3v) is 2.13. The number of nitrogens with one attached hydrogen (secondary N) is 1. The zero-order valence-corrected chi connectivity index (χ0v) is 8.79. The van der Waals surface area contributed by atoms with Gasteiger partial charge in [0.15, 0.2) is 0 Å². The van der Waals surface area contributed by atoms with Gasteiger partial charge in [0, 0.05) is 0 Å². The second-order valence-corrected chi connectivity index (χ2v) is 3.25. The zero-order chi connectivity index (χ0) is 12.1. The fourth-order valence-corrected chi connectivity index (χ4v) is 1.35. The van der Waals surface area contributed by atoms with Crippen LogP contribution in [0, 0.1) is 10.1 Å². The second-order valence-electron chi connectivity index (χ2n) is 3.25. The first kappa shape index (κ1) is 12.1. The number of rotatable bonds is 5. The molecule has 1 atom stereocenters. The molecule has 8 heteroatoms. The molecule has 1 aromatic rings. The van der Waals surface area contributed by atoms with E-state index in [9.17, 15) is 14.9 Å². The van der Waals surface area contributed by atoms with Crippen molar-refractivity contribution in [1.82, 2.24) is 15.2 Å². The van der Waals surface area contributed by atoms with Gasteiger partial charge < -0.3 is 0 Å². The van der Waals surface area contributed by atoms with E-state index in [1.165, 1.54) is 10.9 Å². The van der Waals surface area contributed by atoms with E-state index >= 15 is 0 Å². The monoisotopic (exact) mass is 227 g/mol. The van der Waals surface area contributed by atoms with Crippen LogP contribution in [0.2, 0.25) is 0 Å². The summed E-state index contributed by atoms with van der Waals surface area (Å²) in [7, 11) is 0. The lowest BCUT2D eigenvalue weighted by molar-refractivity contribution is -0.385. The van der Waals surface area contributed by atoms with E-state index < -0.39 is 16.9 Å². The molecule has 8 nitrogen and oxygen atoms in total. The van der Waals surface area contributed by atoms with Gasteiger partial charge in [0.05, 0.1) is 4.92 Å². The van der Waals surface area contributed by atoms with Gasteiger partial charge in [-0.1, -0.05) is 13.3 Å². The number of carbonyl (C=O) groups excluding carboxylic acids is 1. The molecule has 0 radical (unpaired) electrons. The molecule has 0 aromatic carbocycles. The third-order valence-electron chi connectivity index (χ3n) is 2.13. The highest BCUT2D eigenvalue weighted by Crippen LogP contribution is 2.17. The van der Waals surface area contributed by atoms with E-state index in [0.29, 0.717) is 6.42 Å². The predicted octanol–water partition coefficient (Wildman–Crippen LogP) is 0.122. The van der Waals surface area contributed by atoms with E-state index in [2.05, 4.69) is 5.10 Å². The first-order valence-electron chi connectivity index (χ1n) is 4.79. The van der Waals surface area contributed by atoms with Gasteiger partial charge in [-0.2, -0.15) is 5.10 Å². The van der Waals surface area contributed by atoms with Gasteiger partial charge in [0.25, 0.3) is 5.91 Å². The first-order valence-corrected chi connectivity index (χ1v) is 4.79. The minimum atomic E-state index is -0.608. The van der Waals surface area contributed by atoms with Crippen molar-refractivity contribution in [1.29, 1.82) is 0 Å². The lowest BCUT2D eigenvalue weighted by atomic mass is 10.1. The molecule has 1 rings (SSSR count). The highest BCUT2D eigenvalue weighted by molar-refractivity contribution is 5.79. The fraction of sp³-hybridized carbons (Fsp3) is 0.500. The summed E-state index contributed by atoms with van der Waals surface area (Å²) >= 11 is 0. The summed E-state index contributed by atoms with van der Waals surface area (Å²) in [5.41, 5.74) is 1.87. The van der Waals surface area contributed by atoms with Crippen LogP contribution in [0.5, 0.6) is 0 Å². The molecule has 0 fully saturated rings. The van der Waals surface area contributed by atoms with Crippen LogP contribution in [-0.4, -0.2) is 20.6 Å². The topological polar surface area (TPSA) is 116 Å². The molecule has 0 aliphatic carbocycles. The van der Waals surface area contributed by atoms with Crippen molar-refractivity contribution in [3.63, 3.8) is 0 Å². The summed E-state index contributed by atoms with van der Waals surface area (Å²) in [6, 6.07) is -0.608. The lowest BCUT2D eigenvalue weighted by Crippen LogP contribution is -2.37. The van der Waals surface area contributed by atoms with Crippen molar-refractivity contribution in [2.45, 2.75) is 25.8 Å². The molecular weight excluding hydrogens is 214 g/mol. The molecule has 0 aliphatic heterocycles. The summed E-state index contributed by atoms with van der Waals surface area (Å²) in [6.07, 6.45) is 3.58. The maximum Gasteiger partial charge on any atom is 0.307 e. The van der Waals surface area contributed by atoms with Crippen molar-refractivity contribution in [2.24, 2.45) is 5.84 Å². The molecule has 1 amide bonds. The van der Waals surface area contributed by atoms with Crippen molar-refractivity contribution in [3.8, 4) is 0 Å². The smallest absolute Gasteiger partial charge is 0.292 e. The maximum absolute atomic E-state index is 11.4. The number of hydrogen-bond donors (Lipinski definition) is 2. The van der Waals surface area contributed by atoms with Crippen molar-refractivity contribution in [3.05, 3.63) is 22.5 Å². The fourth-order valence-electron chi connectivity index (χ4n) is 1.35. The molecule has 1 aromatic heterocycles. The Labute approximate surface area is 91.5 Å². The number of hydrogen-bond acceptors (Lipinski definition) is 5. The van der Waals surface area contributed by atoms with Gasteiger partial charge in [0.2, 0.25) is 0 Å². The van der Waals surface area contributed by atoms with E-state index in [1.807, 2.05) is 12.3 Å². The van der Waals surface area contributed by atoms with Gasteiger partial charge in [-0.05, 0) is 6.42 Å². The predicted molar refractivity (Wildman–Crippen MR) is 55.2 cm³/mol. The Balaban J connectivity index is 2.92. The minimum Gasteiger partial charge on any atom is -0.292 e. The highest BCUT2D eigenvalue weighted by atomic mass is 16.6. The van der Waals surface area contributed by atoms with Gasteiger partial charge in [0.1, 0.15) is 18.4 Å². The molecule has 0 saturated carbocycles. The molecule has 1 heterocycles. The summed E-state index contributed by atoms with van der Waals surface area (Å²) < 4.78 is 1.25. The Morgan fingerprint density at radius 3 is 2.94 bits per heavy atom. The minimum absolute atomic E-state index is 0.147. The van der Waals surface area contributed by atoms with Crippen LogP contribution in [0.3, 0.4) is 0 Å². The molecule has 16 heavy (non-hydrogen) atoms. The number of nitro groups is 1. The van der Waals surface area contributed by atoms with Crippen LogP contribution in [0.1, 0.15) is 25.8 Å². The largest absolute Gasteiger partial charge is 0.307 e. The molecule has 0 aliphatic rings. The van der Waals surface area contributed by atoms with Gasteiger partial charge in [-0.15, -0.1) is 0 Å². The molecule has 1 unspecified atom stereocenters. The van der Waals surface area contributed by atoms with Gasteiger partial charge in [-0.3, -0.25) is 25.0 Å².